The predicted octanol–water partition coefficient (Wildman–Crippen LogP) is 2.42. The van der Waals surface area contributed by atoms with E-state index in [1.807, 2.05) is 6.92 Å². The molecule has 1 fully saturated rings. The van der Waals surface area contributed by atoms with E-state index in [1.165, 1.54) is 11.2 Å². The van der Waals surface area contributed by atoms with Gasteiger partial charge in [-0.15, -0.1) is 5.10 Å². The molecule has 2 atom stereocenters. The minimum atomic E-state index is -4.62. The van der Waals surface area contributed by atoms with Crippen LogP contribution in [0.15, 0.2) is 29.3 Å². The van der Waals surface area contributed by atoms with Crippen molar-refractivity contribution in [3.05, 3.63) is 62.5 Å². The molecule has 0 aliphatic carbocycles. The Morgan fingerprint density at radius 1 is 1.15 bits per heavy atom. The first-order valence-corrected chi connectivity index (χ1v) is 15.3. The van der Waals surface area contributed by atoms with E-state index in [1.54, 1.807) is 16.4 Å². The first kappa shape index (κ1) is 33.0. The largest absolute Gasteiger partial charge is 0.504 e. The maximum atomic E-state index is 14.1. The first-order valence-electron chi connectivity index (χ1n) is 14.9. The highest BCUT2D eigenvalue weighted by Crippen LogP contribution is 2.42. The first-order chi connectivity index (χ1) is 22.8. The quantitative estimate of drug-likeness (QED) is 0.223. The van der Waals surface area contributed by atoms with E-state index < -0.39 is 35.2 Å². The summed E-state index contributed by atoms with van der Waals surface area (Å²) in [5.74, 6) is -1.67. The summed E-state index contributed by atoms with van der Waals surface area (Å²) in [4.78, 5) is 56.6. The number of aliphatic hydroxyl groups excluding tert-OH is 1. The standard InChI is InChI=1S/C29H30ClF3N10O5/c1-14-11-19(24(46)37-18-4-3-16(12-17(18)30)29(31,32)33)42-21(14)22(26(48)43-28(42)38-27(39-43)34-5-10-44)40-6-8-41(9-7-40)25(47)20-23(45)15(2)35-13-36-20/h3-4,12-14,19,44-45H,5-11H2,1-2H3,(H,34,39)(H,37,46)/t14-,19-/m0/s1. The number of aliphatic hydroxyl groups is 1. The molecule has 0 saturated carbocycles. The van der Waals surface area contributed by atoms with Gasteiger partial charge in [0.1, 0.15) is 18.1 Å². The smallest absolute Gasteiger partial charge is 0.416 e. The number of carbonyl (C=O) groups excluding carboxylic acids is 2. The van der Waals surface area contributed by atoms with Crippen molar-refractivity contribution < 1.29 is 33.0 Å². The van der Waals surface area contributed by atoms with Gasteiger partial charge in [-0.3, -0.25) is 19.0 Å². The van der Waals surface area contributed by atoms with Crippen LogP contribution < -0.4 is 21.1 Å². The number of fused-ring (bicyclic) bond motifs is 3. The van der Waals surface area contributed by atoms with Gasteiger partial charge in [0, 0.05) is 38.6 Å². The molecule has 19 heteroatoms. The number of hydrogen-bond donors (Lipinski definition) is 4. The molecule has 0 radical (unpaired) electrons. The van der Waals surface area contributed by atoms with E-state index in [9.17, 15) is 37.8 Å². The lowest BCUT2D eigenvalue weighted by Gasteiger charge is -2.36. The van der Waals surface area contributed by atoms with Crippen molar-refractivity contribution in [3.63, 3.8) is 0 Å². The zero-order valence-electron chi connectivity index (χ0n) is 25.6. The molecule has 48 heavy (non-hydrogen) atoms. The predicted molar refractivity (Wildman–Crippen MR) is 167 cm³/mol. The van der Waals surface area contributed by atoms with Gasteiger partial charge in [-0.25, -0.2) is 9.97 Å². The third-order valence-corrected chi connectivity index (χ3v) is 8.71. The van der Waals surface area contributed by atoms with Crippen LogP contribution in [-0.2, 0) is 11.0 Å². The van der Waals surface area contributed by atoms with E-state index in [0.717, 1.165) is 22.7 Å². The number of carbonyl (C=O) groups is 2. The van der Waals surface area contributed by atoms with E-state index in [0.29, 0.717) is 5.69 Å². The van der Waals surface area contributed by atoms with E-state index in [4.69, 9.17) is 11.6 Å². The van der Waals surface area contributed by atoms with Crippen molar-refractivity contribution in [2.45, 2.75) is 38.4 Å². The van der Waals surface area contributed by atoms with Crippen molar-refractivity contribution >= 4 is 46.5 Å². The van der Waals surface area contributed by atoms with Crippen LogP contribution in [0.2, 0.25) is 5.02 Å². The summed E-state index contributed by atoms with van der Waals surface area (Å²) < 4.78 is 42.2. The van der Waals surface area contributed by atoms with Crippen LogP contribution in [0.1, 0.15) is 52.7 Å². The molecule has 0 bridgehead atoms. The number of aromatic hydroxyl groups is 1. The Kier molecular flexibility index (Phi) is 8.63. The molecule has 15 nitrogen and oxygen atoms in total. The van der Waals surface area contributed by atoms with Crippen molar-refractivity contribution in [1.29, 1.82) is 0 Å². The topological polar surface area (TPSA) is 183 Å². The van der Waals surface area contributed by atoms with Gasteiger partial charge in [0.05, 0.1) is 34.3 Å². The molecule has 0 unspecified atom stereocenters. The Bertz CT molecular complexity index is 1980. The molecule has 2 amide bonds. The minimum absolute atomic E-state index is 0.0227. The number of halogens is 4. The average Bonchev–Trinajstić information content (AvgIpc) is 3.63. The third-order valence-electron chi connectivity index (χ3n) is 8.40. The Morgan fingerprint density at radius 3 is 2.54 bits per heavy atom. The summed E-state index contributed by atoms with van der Waals surface area (Å²) in [7, 11) is 0. The number of nitrogens with zero attached hydrogens (tertiary/aromatic N) is 8. The van der Waals surface area contributed by atoms with Crippen LogP contribution in [0, 0.1) is 6.92 Å². The number of aryl methyl sites for hydroxylation is 1. The minimum Gasteiger partial charge on any atom is -0.504 e. The van der Waals surface area contributed by atoms with Crippen LogP contribution in [0.4, 0.5) is 30.5 Å². The number of amides is 2. The van der Waals surface area contributed by atoms with Gasteiger partial charge in [-0.1, -0.05) is 18.5 Å². The molecule has 2 aliphatic rings. The van der Waals surface area contributed by atoms with Crippen molar-refractivity contribution in [2.24, 2.45) is 0 Å². The second-order valence-electron chi connectivity index (χ2n) is 11.5. The normalized spacial score (nSPS) is 17.9. The van der Waals surface area contributed by atoms with E-state index in [-0.39, 0.29) is 96.9 Å². The van der Waals surface area contributed by atoms with E-state index >= 15 is 0 Å². The number of alkyl halides is 3. The molecule has 6 rings (SSSR count). The fourth-order valence-corrected chi connectivity index (χ4v) is 6.26. The highest BCUT2D eigenvalue weighted by atomic mass is 35.5. The molecular weight excluding hydrogens is 661 g/mol. The van der Waals surface area contributed by atoms with Gasteiger partial charge in [0.25, 0.3) is 11.5 Å². The summed E-state index contributed by atoms with van der Waals surface area (Å²) in [6, 6.07) is 1.66. The fourth-order valence-electron chi connectivity index (χ4n) is 6.04. The van der Waals surface area contributed by atoms with Gasteiger partial charge in [-0.2, -0.15) is 22.7 Å². The fraction of sp³-hybridized carbons (Fsp3) is 0.414. The van der Waals surface area contributed by atoms with Gasteiger partial charge < -0.3 is 30.6 Å². The highest BCUT2D eigenvalue weighted by molar-refractivity contribution is 6.33. The molecule has 254 valence electrons. The number of hydrogen-bond acceptors (Lipinski definition) is 11. The molecule has 4 N–H and O–H groups in total. The van der Waals surface area contributed by atoms with Gasteiger partial charge >= 0.3 is 6.18 Å². The molecule has 1 saturated heterocycles. The summed E-state index contributed by atoms with van der Waals surface area (Å²) in [5, 5.41) is 29.1. The van der Waals surface area contributed by atoms with Crippen molar-refractivity contribution in [3.8, 4) is 5.75 Å². The second kappa shape index (κ2) is 12.6. The molecule has 1 aromatic carbocycles. The van der Waals surface area contributed by atoms with Gasteiger partial charge in [0.2, 0.25) is 17.6 Å². The summed E-state index contributed by atoms with van der Waals surface area (Å²) in [6.07, 6.45) is -3.21. The number of rotatable bonds is 7. The molecular formula is C29H30ClF3N10O5. The monoisotopic (exact) mass is 690 g/mol. The molecule has 0 spiro atoms. The highest BCUT2D eigenvalue weighted by Gasteiger charge is 2.41. The Balaban J connectivity index is 1.35. The lowest BCUT2D eigenvalue weighted by atomic mass is 10.0. The van der Waals surface area contributed by atoms with Gasteiger partial charge in [-0.05, 0) is 31.5 Å². The summed E-state index contributed by atoms with van der Waals surface area (Å²) in [5.41, 5.74) is -0.613. The van der Waals surface area contributed by atoms with E-state index in [2.05, 4.69) is 30.7 Å². The van der Waals surface area contributed by atoms with Crippen LogP contribution in [-0.4, -0.2) is 95.4 Å². The SMILES string of the molecule is Cc1ncnc(C(=O)N2CCN(c3c4n(c5nc(NCCO)nn5c3=O)[C@H](C(=O)Nc3ccc(C(F)(F)F)cc3Cl)C[C@@H]4C)CC2)c1O. The molecule has 5 heterocycles. The Hall–Kier alpha value is -4.97. The lowest BCUT2D eigenvalue weighted by Crippen LogP contribution is -2.51. The Labute approximate surface area is 275 Å². The zero-order chi connectivity index (χ0) is 34.5. The zero-order valence-corrected chi connectivity index (χ0v) is 26.4. The molecule has 4 aromatic rings. The van der Waals surface area contributed by atoms with Crippen LogP contribution in [0.5, 0.6) is 5.75 Å². The Morgan fingerprint density at radius 2 is 1.88 bits per heavy atom. The van der Waals surface area contributed by atoms with Gasteiger partial charge in [0.15, 0.2) is 11.4 Å². The number of nitrogens with one attached hydrogen (secondary N) is 2. The third kappa shape index (κ3) is 5.85. The lowest BCUT2D eigenvalue weighted by molar-refractivity contribution is -0.137. The number of benzene rings is 1. The van der Waals surface area contributed by atoms with Crippen molar-refractivity contribution in [2.75, 3.05) is 54.9 Å². The average molecular weight is 691 g/mol. The second-order valence-corrected chi connectivity index (χ2v) is 11.9. The number of piperazine rings is 1. The van der Waals surface area contributed by atoms with Crippen LogP contribution in [0.25, 0.3) is 5.78 Å². The molecule has 3 aromatic heterocycles. The maximum absolute atomic E-state index is 14.1. The number of aromatic nitrogens is 6. The maximum Gasteiger partial charge on any atom is 0.416 e. The summed E-state index contributed by atoms with van der Waals surface area (Å²) in [6.45, 7) is 4.06. The van der Waals surface area contributed by atoms with Crippen LogP contribution >= 0.6 is 11.6 Å². The van der Waals surface area contributed by atoms with Crippen LogP contribution in [0.3, 0.4) is 0 Å². The summed E-state index contributed by atoms with van der Waals surface area (Å²) >= 11 is 6.13. The number of anilines is 3. The van der Waals surface area contributed by atoms with Crippen molar-refractivity contribution in [1.82, 2.24) is 34.0 Å². The molecule has 2 aliphatic heterocycles.